The maximum atomic E-state index is 13.0. The molecule has 0 saturated carbocycles. The first kappa shape index (κ1) is 17.8. The number of aromatic amines is 1. The van der Waals surface area contributed by atoms with Gasteiger partial charge >= 0.3 is 5.97 Å². The van der Waals surface area contributed by atoms with E-state index in [1.165, 1.54) is 0 Å². The summed E-state index contributed by atoms with van der Waals surface area (Å²) >= 11 is 0. The quantitative estimate of drug-likeness (QED) is 0.524. The van der Waals surface area contributed by atoms with Crippen LogP contribution in [0.5, 0.6) is 0 Å². The Bertz CT molecular complexity index is 1150. The highest BCUT2D eigenvalue weighted by Crippen LogP contribution is 2.34. The number of nitrogens with one attached hydrogen (secondary N) is 1. The Morgan fingerprint density at radius 2 is 1.93 bits per heavy atom. The number of esters is 1. The Balaban J connectivity index is 1.47. The fourth-order valence-corrected chi connectivity index (χ4v) is 3.99. The maximum Gasteiger partial charge on any atom is 0.340 e. The van der Waals surface area contributed by atoms with E-state index in [9.17, 15) is 4.79 Å². The molecule has 1 saturated heterocycles. The van der Waals surface area contributed by atoms with Crippen molar-refractivity contribution in [2.75, 3.05) is 13.2 Å². The highest BCUT2D eigenvalue weighted by Gasteiger charge is 2.29. The molecule has 6 heteroatoms. The van der Waals surface area contributed by atoms with E-state index >= 15 is 0 Å². The standard InChI is InChI=1S/C23H21N3O3/c27-23(17-13-18-20-19(7-4-10-24-20)26-22(18)25-14-17)29-21(15-5-2-1-3-6-15)16-8-11-28-12-9-16/h1-7,10,13-14,16,21H,8-9,11-12H2,(H,25,26). The van der Waals surface area contributed by atoms with Gasteiger partial charge in [-0.05, 0) is 36.6 Å². The Morgan fingerprint density at radius 3 is 2.76 bits per heavy atom. The van der Waals surface area contributed by atoms with Crippen LogP contribution < -0.4 is 0 Å². The molecule has 1 atom stereocenters. The molecule has 4 heterocycles. The predicted octanol–water partition coefficient (Wildman–Crippen LogP) is 4.44. The first-order chi connectivity index (χ1) is 14.3. The molecule has 1 aliphatic heterocycles. The highest BCUT2D eigenvalue weighted by molar-refractivity contribution is 6.05. The summed E-state index contributed by atoms with van der Waals surface area (Å²) in [6.45, 7) is 1.39. The van der Waals surface area contributed by atoms with Gasteiger partial charge in [-0.3, -0.25) is 4.98 Å². The number of benzene rings is 1. The molecule has 5 rings (SSSR count). The van der Waals surface area contributed by atoms with Crippen LogP contribution in [-0.4, -0.2) is 34.1 Å². The minimum Gasteiger partial charge on any atom is -0.454 e. The fraction of sp³-hybridized carbons (Fsp3) is 0.261. The Kier molecular flexibility index (Phi) is 4.69. The summed E-state index contributed by atoms with van der Waals surface area (Å²) in [4.78, 5) is 25.1. The second-order valence-electron chi connectivity index (χ2n) is 7.33. The summed E-state index contributed by atoms with van der Waals surface area (Å²) in [7, 11) is 0. The van der Waals surface area contributed by atoms with Crippen LogP contribution in [0.3, 0.4) is 0 Å². The minimum absolute atomic E-state index is 0.238. The molecule has 1 aliphatic rings. The van der Waals surface area contributed by atoms with Crippen molar-refractivity contribution in [1.29, 1.82) is 0 Å². The van der Waals surface area contributed by atoms with Crippen molar-refractivity contribution in [1.82, 2.24) is 15.0 Å². The summed E-state index contributed by atoms with van der Waals surface area (Å²) in [6, 6.07) is 15.6. The van der Waals surface area contributed by atoms with Crippen LogP contribution in [0.4, 0.5) is 0 Å². The third-order valence-electron chi connectivity index (χ3n) is 5.50. The fourth-order valence-electron chi connectivity index (χ4n) is 3.99. The van der Waals surface area contributed by atoms with E-state index in [0.717, 1.165) is 34.8 Å². The number of fused-ring (bicyclic) bond motifs is 3. The molecule has 0 spiro atoms. The van der Waals surface area contributed by atoms with Crippen molar-refractivity contribution in [2.24, 2.45) is 5.92 Å². The minimum atomic E-state index is -0.370. The van der Waals surface area contributed by atoms with Gasteiger partial charge in [-0.1, -0.05) is 30.3 Å². The van der Waals surface area contributed by atoms with E-state index < -0.39 is 0 Å². The van der Waals surface area contributed by atoms with Crippen LogP contribution in [0, 0.1) is 5.92 Å². The lowest BCUT2D eigenvalue weighted by atomic mass is 9.89. The van der Waals surface area contributed by atoms with E-state index in [-0.39, 0.29) is 18.0 Å². The average Bonchev–Trinajstić information content (AvgIpc) is 3.16. The summed E-state index contributed by atoms with van der Waals surface area (Å²) in [5.41, 5.74) is 3.84. The number of nitrogens with zero attached hydrogens (tertiary/aromatic N) is 2. The smallest absolute Gasteiger partial charge is 0.340 e. The third kappa shape index (κ3) is 3.47. The van der Waals surface area contributed by atoms with Crippen molar-refractivity contribution >= 4 is 28.0 Å². The molecule has 0 amide bonds. The van der Waals surface area contributed by atoms with Crippen LogP contribution >= 0.6 is 0 Å². The monoisotopic (exact) mass is 387 g/mol. The molecule has 1 N–H and O–H groups in total. The molecule has 0 aliphatic carbocycles. The second kappa shape index (κ2) is 7.64. The average molecular weight is 387 g/mol. The number of aromatic nitrogens is 3. The van der Waals surface area contributed by atoms with Gasteiger partial charge in [0.1, 0.15) is 11.8 Å². The van der Waals surface area contributed by atoms with Crippen molar-refractivity contribution in [2.45, 2.75) is 18.9 Å². The number of rotatable bonds is 4. The number of carbonyl (C=O) groups excluding carboxylic acids is 1. The Hall–Kier alpha value is -3.25. The third-order valence-corrected chi connectivity index (χ3v) is 5.50. The van der Waals surface area contributed by atoms with Gasteiger partial charge in [0.25, 0.3) is 0 Å². The van der Waals surface area contributed by atoms with Crippen molar-refractivity contribution in [3.05, 3.63) is 72.1 Å². The molecule has 1 unspecified atom stereocenters. The lowest BCUT2D eigenvalue weighted by Crippen LogP contribution is -2.26. The number of hydrogen-bond donors (Lipinski definition) is 1. The molecule has 0 radical (unpaired) electrons. The molecule has 146 valence electrons. The van der Waals surface area contributed by atoms with Gasteiger partial charge in [0.05, 0.1) is 16.6 Å². The van der Waals surface area contributed by atoms with Gasteiger partial charge < -0.3 is 14.5 Å². The van der Waals surface area contributed by atoms with Crippen molar-refractivity contribution in [3.63, 3.8) is 0 Å². The molecule has 3 aromatic heterocycles. The van der Waals surface area contributed by atoms with Crippen LogP contribution in [0.1, 0.15) is 34.9 Å². The molecule has 1 fully saturated rings. The van der Waals surface area contributed by atoms with E-state index in [2.05, 4.69) is 15.0 Å². The van der Waals surface area contributed by atoms with Crippen molar-refractivity contribution in [3.8, 4) is 0 Å². The summed E-state index contributed by atoms with van der Waals surface area (Å²) in [5, 5.41) is 0.817. The molecule has 6 nitrogen and oxygen atoms in total. The SMILES string of the molecule is O=C(OC(c1ccccc1)C1CCOCC1)c1cnc2[nH]c3cccnc3c2c1. The maximum absolute atomic E-state index is 13.0. The normalized spacial score (nSPS) is 16.1. The van der Waals surface area contributed by atoms with Crippen LogP contribution in [0.25, 0.3) is 22.1 Å². The Labute approximate surface area is 167 Å². The van der Waals surface area contributed by atoms with Crippen LogP contribution in [0.15, 0.2) is 60.9 Å². The zero-order valence-corrected chi connectivity index (χ0v) is 15.9. The molecule has 29 heavy (non-hydrogen) atoms. The van der Waals surface area contributed by atoms with Crippen LogP contribution in [-0.2, 0) is 9.47 Å². The predicted molar refractivity (Wildman–Crippen MR) is 110 cm³/mol. The van der Waals surface area contributed by atoms with E-state index in [1.807, 2.05) is 48.5 Å². The molecular formula is C23H21N3O3. The summed E-state index contributed by atoms with van der Waals surface area (Å²) < 4.78 is 11.5. The molecule has 0 bridgehead atoms. The van der Waals surface area contributed by atoms with E-state index in [1.54, 1.807) is 12.4 Å². The van der Waals surface area contributed by atoms with Crippen molar-refractivity contribution < 1.29 is 14.3 Å². The van der Waals surface area contributed by atoms with Gasteiger partial charge in [-0.25, -0.2) is 9.78 Å². The van der Waals surface area contributed by atoms with E-state index in [4.69, 9.17) is 9.47 Å². The molecule has 4 aromatic rings. The van der Waals surface area contributed by atoms with Gasteiger partial charge in [0.15, 0.2) is 0 Å². The van der Waals surface area contributed by atoms with E-state index in [0.29, 0.717) is 24.4 Å². The largest absolute Gasteiger partial charge is 0.454 e. The Morgan fingerprint density at radius 1 is 1.10 bits per heavy atom. The number of carbonyl (C=O) groups is 1. The number of H-pyrrole nitrogens is 1. The zero-order valence-electron chi connectivity index (χ0n) is 15.9. The van der Waals surface area contributed by atoms with Gasteiger partial charge in [0.2, 0.25) is 0 Å². The van der Waals surface area contributed by atoms with Gasteiger partial charge in [-0.15, -0.1) is 0 Å². The molecule has 1 aromatic carbocycles. The van der Waals surface area contributed by atoms with Gasteiger partial charge in [-0.2, -0.15) is 0 Å². The second-order valence-corrected chi connectivity index (χ2v) is 7.33. The number of ether oxygens (including phenoxy) is 2. The summed E-state index contributed by atoms with van der Waals surface area (Å²) in [5.74, 6) is -0.133. The number of hydrogen-bond acceptors (Lipinski definition) is 5. The highest BCUT2D eigenvalue weighted by atomic mass is 16.5. The zero-order chi connectivity index (χ0) is 19.6. The summed E-state index contributed by atoms with van der Waals surface area (Å²) in [6.07, 6.45) is 4.74. The molecular weight excluding hydrogens is 366 g/mol. The lowest BCUT2D eigenvalue weighted by Gasteiger charge is -2.30. The van der Waals surface area contributed by atoms with Gasteiger partial charge in [0, 0.05) is 36.9 Å². The first-order valence-corrected chi connectivity index (χ1v) is 9.86. The lowest BCUT2D eigenvalue weighted by molar-refractivity contribution is -0.0195. The topological polar surface area (TPSA) is 77.1 Å². The number of pyridine rings is 2. The first-order valence-electron chi connectivity index (χ1n) is 9.86. The van der Waals surface area contributed by atoms with Crippen LogP contribution in [0.2, 0.25) is 0 Å².